The Bertz CT molecular complexity index is 659. The molecule has 2 aromatic rings. The number of likely N-dealkylation sites (N-methyl/N-ethyl adjacent to an activating group) is 1. The highest BCUT2D eigenvalue weighted by Gasteiger charge is 2.19. The molecule has 1 aromatic heterocycles. The summed E-state index contributed by atoms with van der Waals surface area (Å²) in [6.45, 7) is 11.0. The molecule has 136 valence electrons. The van der Waals surface area contributed by atoms with Crippen LogP contribution in [-0.4, -0.2) is 60.4 Å². The summed E-state index contributed by atoms with van der Waals surface area (Å²) in [4.78, 5) is 9.47. The van der Waals surface area contributed by atoms with Crippen LogP contribution < -0.4 is 10.2 Å². The van der Waals surface area contributed by atoms with Crippen LogP contribution in [-0.2, 0) is 6.42 Å². The number of hydrogen-bond donors (Lipinski definition) is 1. The molecule has 6 heteroatoms. The van der Waals surface area contributed by atoms with Crippen molar-refractivity contribution in [1.82, 2.24) is 20.4 Å². The number of benzene rings is 1. The Labute approximate surface area is 150 Å². The first-order chi connectivity index (χ1) is 12.1. The van der Waals surface area contributed by atoms with Crippen molar-refractivity contribution in [3.8, 4) is 11.5 Å². The summed E-state index contributed by atoms with van der Waals surface area (Å²) < 4.78 is 5.41. The molecule has 0 spiro atoms. The molecule has 3 rings (SSSR count). The normalized spacial score (nSPS) is 17.2. The van der Waals surface area contributed by atoms with Crippen LogP contribution in [0.5, 0.6) is 0 Å². The van der Waals surface area contributed by atoms with Crippen molar-refractivity contribution in [2.45, 2.75) is 39.3 Å². The molecule has 0 saturated carbocycles. The van der Waals surface area contributed by atoms with E-state index in [4.69, 9.17) is 4.52 Å². The Morgan fingerprint density at radius 1 is 1.08 bits per heavy atom. The average Bonchev–Trinajstić information content (AvgIpc) is 3.10. The number of nitrogens with one attached hydrogen (secondary N) is 1. The lowest BCUT2D eigenvalue weighted by Gasteiger charge is -2.38. The van der Waals surface area contributed by atoms with Crippen molar-refractivity contribution in [3.05, 3.63) is 30.1 Å². The van der Waals surface area contributed by atoms with Crippen LogP contribution in [0.3, 0.4) is 0 Å². The van der Waals surface area contributed by atoms with Crippen molar-refractivity contribution >= 4 is 5.69 Å². The lowest BCUT2D eigenvalue weighted by atomic mass is 10.1. The fourth-order valence-corrected chi connectivity index (χ4v) is 3.14. The summed E-state index contributed by atoms with van der Waals surface area (Å²) in [5, 5.41) is 7.26. The van der Waals surface area contributed by atoms with Crippen LogP contribution in [0.25, 0.3) is 11.5 Å². The van der Waals surface area contributed by atoms with Gasteiger partial charge in [0.15, 0.2) is 5.82 Å². The molecule has 6 nitrogen and oxygen atoms in total. The summed E-state index contributed by atoms with van der Waals surface area (Å²) in [5.74, 6) is 1.33. The van der Waals surface area contributed by atoms with E-state index < -0.39 is 0 Å². The van der Waals surface area contributed by atoms with Crippen LogP contribution in [0.4, 0.5) is 5.69 Å². The van der Waals surface area contributed by atoms with E-state index in [0.717, 1.165) is 44.0 Å². The van der Waals surface area contributed by atoms with E-state index in [0.29, 0.717) is 18.0 Å². The molecule has 0 aliphatic carbocycles. The largest absolute Gasteiger partial charge is 0.369 e. The van der Waals surface area contributed by atoms with Crippen molar-refractivity contribution in [1.29, 1.82) is 0 Å². The van der Waals surface area contributed by atoms with E-state index in [9.17, 15) is 0 Å². The topological polar surface area (TPSA) is 57.4 Å². The van der Waals surface area contributed by atoms with Crippen LogP contribution in [0.1, 0.15) is 26.6 Å². The minimum atomic E-state index is 0.331. The van der Waals surface area contributed by atoms with Crippen LogP contribution >= 0.6 is 0 Å². The van der Waals surface area contributed by atoms with Gasteiger partial charge >= 0.3 is 0 Å². The minimum absolute atomic E-state index is 0.331. The molecule has 1 N–H and O–H groups in total. The maximum atomic E-state index is 5.41. The molecule has 0 amide bonds. The molecule has 1 aliphatic heterocycles. The second-order valence-corrected chi connectivity index (χ2v) is 7.07. The highest BCUT2D eigenvalue weighted by molar-refractivity contribution is 5.59. The summed E-state index contributed by atoms with van der Waals surface area (Å²) in [5.41, 5.74) is 2.23. The molecule has 25 heavy (non-hydrogen) atoms. The standard InChI is InChI=1S/C19H29N5O/c1-14(2)23-9-11-24(12-10-23)17-7-5-16(6-8-17)19-21-18(22-25-19)13-15(3)20-4/h5-8,14-15,20H,9-13H2,1-4H3. The summed E-state index contributed by atoms with van der Waals surface area (Å²) in [7, 11) is 1.94. The van der Waals surface area contributed by atoms with Gasteiger partial charge in [0, 0.05) is 55.9 Å². The van der Waals surface area contributed by atoms with E-state index in [1.165, 1.54) is 5.69 Å². The molecule has 1 unspecified atom stereocenters. The zero-order chi connectivity index (χ0) is 17.8. The molecule has 0 bridgehead atoms. The highest BCUT2D eigenvalue weighted by atomic mass is 16.5. The Hall–Kier alpha value is -1.92. The van der Waals surface area contributed by atoms with E-state index in [2.05, 4.69) is 70.3 Å². The van der Waals surface area contributed by atoms with Gasteiger partial charge in [-0.1, -0.05) is 5.16 Å². The Kier molecular flexibility index (Phi) is 5.71. The van der Waals surface area contributed by atoms with Gasteiger partial charge in [-0.2, -0.15) is 4.98 Å². The lowest BCUT2D eigenvalue weighted by molar-refractivity contribution is 0.209. The van der Waals surface area contributed by atoms with Crippen molar-refractivity contribution in [3.63, 3.8) is 0 Å². The molecular weight excluding hydrogens is 314 g/mol. The zero-order valence-electron chi connectivity index (χ0n) is 15.7. The summed E-state index contributed by atoms with van der Waals surface area (Å²) in [6.07, 6.45) is 0.762. The third kappa shape index (κ3) is 4.38. The SMILES string of the molecule is CNC(C)Cc1noc(-c2ccc(N3CCN(C(C)C)CC3)cc2)n1. The monoisotopic (exact) mass is 343 g/mol. The fraction of sp³-hybridized carbons (Fsp3) is 0.579. The fourth-order valence-electron chi connectivity index (χ4n) is 3.14. The number of anilines is 1. The number of rotatable bonds is 6. The molecule has 1 aliphatic rings. The average molecular weight is 343 g/mol. The van der Waals surface area contributed by atoms with Gasteiger partial charge in [0.05, 0.1) is 0 Å². The molecular formula is C19H29N5O. The maximum Gasteiger partial charge on any atom is 0.257 e. The first-order valence-electron chi connectivity index (χ1n) is 9.16. The molecule has 1 saturated heterocycles. The summed E-state index contributed by atoms with van der Waals surface area (Å²) >= 11 is 0. The summed E-state index contributed by atoms with van der Waals surface area (Å²) in [6, 6.07) is 9.41. The predicted molar refractivity (Wildman–Crippen MR) is 101 cm³/mol. The van der Waals surface area contributed by atoms with Gasteiger partial charge in [-0.25, -0.2) is 0 Å². The molecule has 1 aromatic carbocycles. The second-order valence-electron chi connectivity index (χ2n) is 7.07. The smallest absolute Gasteiger partial charge is 0.257 e. The van der Waals surface area contributed by atoms with E-state index >= 15 is 0 Å². The lowest BCUT2D eigenvalue weighted by Crippen LogP contribution is -2.48. The highest BCUT2D eigenvalue weighted by Crippen LogP contribution is 2.23. The van der Waals surface area contributed by atoms with Crippen molar-refractivity contribution in [2.75, 3.05) is 38.1 Å². The predicted octanol–water partition coefficient (Wildman–Crippen LogP) is 2.42. The van der Waals surface area contributed by atoms with Gasteiger partial charge in [0.1, 0.15) is 0 Å². The Balaban J connectivity index is 1.63. The molecule has 0 radical (unpaired) electrons. The molecule has 1 fully saturated rings. The number of aromatic nitrogens is 2. The van der Waals surface area contributed by atoms with Crippen LogP contribution in [0.15, 0.2) is 28.8 Å². The van der Waals surface area contributed by atoms with Gasteiger partial charge in [0.2, 0.25) is 0 Å². The van der Waals surface area contributed by atoms with Gasteiger partial charge < -0.3 is 14.7 Å². The number of nitrogens with zero attached hydrogens (tertiary/aromatic N) is 4. The van der Waals surface area contributed by atoms with Crippen LogP contribution in [0.2, 0.25) is 0 Å². The maximum absolute atomic E-state index is 5.41. The molecule has 2 heterocycles. The number of hydrogen-bond acceptors (Lipinski definition) is 6. The Morgan fingerprint density at radius 3 is 2.36 bits per heavy atom. The van der Waals surface area contributed by atoms with Gasteiger partial charge in [-0.3, -0.25) is 4.90 Å². The van der Waals surface area contributed by atoms with Gasteiger partial charge in [-0.15, -0.1) is 0 Å². The van der Waals surface area contributed by atoms with Crippen molar-refractivity contribution in [2.24, 2.45) is 0 Å². The third-order valence-electron chi connectivity index (χ3n) is 4.97. The third-order valence-corrected chi connectivity index (χ3v) is 4.97. The first kappa shape index (κ1) is 17.9. The Morgan fingerprint density at radius 2 is 1.76 bits per heavy atom. The first-order valence-corrected chi connectivity index (χ1v) is 9.16. The van der Waals surface area contributed by atoms with E-state index in [1.807, 2.05) is 7.05 Å². The molecule has 1 atom stereocenters. The van der Waals surface area contributed by atoms with E-state index in [1.54, 1.807) is 0 Å². The van der Waals surface area contributed by atoms with Crippen LogP contribution in [0, 0.1) is 0 Å². The zero-order valence-corrected chi connectivity index (χ0v) is 15.7. The van der Waals surface area contributed by atoms with Gasteiger partial charge in [-0.05, 0) is 52.1 Å². The second kappa shape index (κ2) is 7.97. The number of piperazine rings is 1. The minimum Gasteiger partial charge on any atom is -0.369 e. The quantitative estimate of drug-likeness (QED) is 0.869. The van der Waals surface area contributed by atoms with Crippen molar-refractivity contribution < 1.29 is 4.52 Å². The van der Waals surface area contributed by atoms with Gasteiger partial charge in [0.25, 0.3) is 5.89 Å². The van der Waals surface area contributed by atoms with E-state index in [-0.39, 0.29) is 0 Å².